The Balaban J connectivity index is 1.61. The molecule has 1 aliphatic rings. The molecule has 2 aromatic carbocycles. The number of para-hydroxylation sites is 1. The van der Waals surface area contributed by atoms with Crippen molar-refractivity contribution in [3.63, 3.8) is 0 Å². The normalized spacial score (nSPS) is 17.3. The lowest BCUT2D eigenvalue weighted by molar-refractivity contribution is 0.468. The number of aliphatic imine (C=N–C) groups is 1. The fourth-order valence-corrected chi connectivity index (χ4v) is 3.34. The summed E-state index contributed by atoms with van der Waals surface area (Å²) in [5.41, 5.74) is 3.06. The van der Waals surface area contributed by atoms with Crippen molar-refractivity contribution in [3.05, 3.63) is 65.7 Å². The van der Waals surface area contributed by atoms with Crippen molar-refractivity contribution < 1.29 is 0 Å². The highest BCUT2D eigenvalue weighted by atomic mass is 15.2. The highest BCUT2D eigenvalue weighted by Crippen LogP contribution is 2.19. The number of guanidine groups is 1. The second-order valence-electron chi connectivity index (χ2n) is 6.77. The highest BCUT2D eigenvalue weighted by molar-refractivity contribution is 5.80. The molecule has 0 aromatic heterocycles. The van der Waals surface area contributed by atoms with Crippen LogP contribution in [-0.2, 0) is 6.54 Å². The molecule has 1 unspecified atom stereocenters. The predicted octanol–water partition coefficient (Wildman–Crippen LogP) is 3.28. The monoisotopic (exact) mass is 361 g/mol. The molecule has 0 radical (unpaired) electrons. The first-order valence-electron chi connectivity index (χ1n) is 9.62. The molecular formula is C22H27N5. The van der Waals surface area contributed by atoms with E-state index < -0.39 is 0 Å². The maximum atomic E-state index is 8.90. The van der Waals surface area contributed by atoms with E-state index in [1.54, 1.807) is 0 Å². The smallest absolute Gasteiger partial charge is 0.191 e. The van der Waals surface area contributed by atoms with Gasteiger partial charge in [-0.1, -0.05) is 30.3 Å². The summed E-state index contributed by atoms with van der Waals surface area (Å²) >= 11 is 0. The van der Waals surface area contributed by atoms with Gasteiger partial charge in [-0.3, -0.25) is 0 Å². The lowest BCUT2D eigenvalue weighted by Gasteiger charge is -2.35. The lowest BCUT2D eigenvalue weighted by Crippen LogP contribution is -2.51. The quantitative estimate of drug-likeness (QED) is 0.634. The molecular weight excluding hydrogens is 334 g/mol. The van der Waals surface area contributed by atoms with Crippen LogP contribution in [0.25, 0.3) is 0 Å². The van der Waals surface area contributed by atoms with E-state index in [1.807, 2.05) is 24.3 Å². The largest absolute Gasteiger partial charge is 0.369 e. The summed E-state index contributed by atoms with van der Waals surface area (Å²) in [7, 11) is 0. The Morgan fingerprint density at radius 1 is 1.19 bits per heavy atom. The van der Waals surface area contributed by atoms with Gasteiger partial charge >= 0.3 is 0 Å². The number of hydrogen-bond donors (Lipinski definition) is 2. The molecule has 0 saturated carbocycles. The van der Waals surface area contributed by atoms with Crippen LogP contribution in [0, 0.1) is 11.3 Å². The Morgan fingerprint density at radius 2 is 1.96 bits per heavy atom. The number of anilines is 1. The molecule has 0 bridgehead atoms. The molecule has 0 spiro atoms. The van der Waals surface area contributed by atoms with Gasteiger partial charge < -0.3 is 15.5 Å². The molecule has 2 aromatic rings. The molecule has 0 aliphatic carbocycles. The number of rotatable bonds is 5. The van der Waals surface area contributed by atoms with Gasteiger partial charge in [-0.15, -0.1) is 0 Å². The lowest BCUT2D eigenvalue weighted by atomic mass is 10.1. The van der Waals surface area contributed by atoms with Crippen molar-refractivity contribution in [1.82, 2.24) is 10.6 Å². The number of piperidine rings is 1. The molecule has 1 fully saturated rings. The number of nitriles is 1. The first-order chi connectivity index (χ1) is 13.3. The van der Waals surface area contributed by atoms with E-state index in [0.29, 0.717) is 18.2 Å². The van der Waals surface area contributed by atoms with Gasteiger partial charge in [0.2, 0.25) is 0 Å². The first kappa shape index (κ1) is 18.8. The van der Waals surface area contributed by atoms with Crippen molar-refractivity contribution in [2.45, 2.75) is 32.4 Å². The van der Waals surface area contributed by atoms with E-state index in [-0.39, 0.29) is 0 Å². The summed E-state index contributed by atoms with van der Waals surface area (Å²) in [6, 6.07) is 20.7. The van der Waals surface area contributed by atoms with Gasteiger partial charge in [0.15, 0.2) is 5.96 Å². The number of nitrogens with one attached hydrogen (secondary N) is 2. The minimum Gasteiger partial charge on any atom is -0.369 e. The summed E-state index contributed by atoms with van der Waals surface area (Å²) in [6.45, 7) is 5.58. The molecule has 5 heteroatoms. The van der Waals surface area contributed by atoms with Crippen molar-refractivity contribution in [2.75, 3.05) is 24.5 Å². The van der Waals surface area contributed by atoms with E-state index in [0.717, 1.165) is 37.6 Å². The average molecular weight is 361 g/mol. The van der Waals surface area contributed by atoms with Crippen molar-refractivity contribution in [1.29, 1.82) is 5.26 Å². The zero-order valence-corrected chi connectivity index (χ0v) is 15.9. The van der Waals surface area contributed by atoms with Crippen LogP contribution in [-0.4, -0.2) is 31.6 Å². The van der Waals surface area contributed by atoms with Gasteiger partial charge in [-0.25, -0.2) is 4.99 Å². The van der Waals surface area contributed by atoms with Gasteiger partial charge in [0.05, 0.1) is 18.2 Å². The topological polar surface area (TPSA) is 63.5 Å². The number of hydrogen-bond acceptors (Lipinski definition) is 3. The Bertz CT molecular complexity index is 777. The molecule has 1 aliphatic heterocycles. The Morgan fingerprint density at radius 3 is 2.67 bits per heavy atom. The Hall–Kier alpha value is -3.00. The second kappa shape index (κ2) is 9.63. The summed E-state index contributed by atoms with van der Waals surface area (Å²) in [4.78, 5) is 7.16. The average Bonchev–Trinajstić information content (AvgIpc) is 2.73. The summed E-state index contributed by atoms with van der Waals surface area (Å²) in [5, 5.41) is 15.8. The first-order valence-corrected chi connectivity index (χ1v) is 9.62. The maximum absolute atomic E-state index is 8.90. The zero-order chi connectivity index (χ0) is 18.9. The van der Waals surface area contributed by atoms with E-state index in [2.05, 4.69) is 58.9 Å². The van der Waals surface area contributed by atoms with Gasteiger partial charge in [0.1, 0.15) is 0 Å². The maximum Gasteiger partial charge on any atom is 0.191 e. The van der Waals surface area contributed by atoms with Crippen LogP contribution < -0.4 is 15.5 Å². The van der Waals surface area contributed by atoms with Crippen LogP contribution >= 0.6 is 0 Å². The van der Waals surface area contributed by atoms with Crippen molar-refractivity contribution in [3.8, 4) is 6.07 Å². The molecule has 1 saturated heterocycles. The van der Waals surface area contributed by atoms with E-state index in [1.165, 1.54) is 12.1 Å². The summed E-state index contributed by atoms with van der Waals surface area (Å²) < 4.78 is 0. The zero-order valence-electron chi connectivity index (χ0n) is 15.9. The minimum atomic E-state index is 0.373. The predicted molar refractivity (Wildman–Crippen MR) is 111 cm³/mol. The van der Waals surface area contributed by atoms with E-state index in [4.69, 9.17) is 10.3 Å². The number of benzene rings is 2. The minimum absolute atomic E-state index is 0.373. The van der Waals surface area contributed by atoms with E-state index in [9.17, 15) is 0 Å². The second-order valence-corrected chi connectivity index (χ2v) is 6.77. The molecule has 3 rings (SSSR count). The SMILES string of the molecule is CCNC(=NCc1ccc(C#N)cc1)NC1CCCN(c2ccccc2)C1. The van der Waals surface area contributed by atoms with Gasteiger partial charge in [0, 0.05) is 31.4 Å². The van der Waals surface area contributed by atoms with Crippen molar-refractivity contribution in [2.24, 2.45) is 4.99 Å². The van der Waals surface area contributed by atoms with Crippen molar-refractivity contribution >= 4 is 11.6 Å². The fourth-order valence-electron chi connectivity index (χ4n) is 3.34. The van der Waals surface area contributed by atoms with E-state index >= 15 is 0 Å². The molecule has 27 heavy (non-hydrogen) atoms. The van der Waals surface area contributed by atoms with Crippen LogP contribution in [0.2, 0.25) is 0 Å². The number of nitrogens with zero attached hydrogens (tertiary/aromatic N) is 3. The molecule has 140 valence electrons. The Labute approximate surface area is 161 Å². The molecule has 1 atom stereocenters. The summed E-state index contributed by atoms with van der Waals surface area (Å²) in [5.74, 6) is 0.849. The third-order valence-corrected chi connectivity index (χ3v) is 4.73. The fraction of sp³-hybridized carbons (Fsp3) is 0.364. The van der Waals surface area contributed by atoms with Crippen LogP contribution in [0.1, 0.15) is 30.9 Å². The van der Waals surface area contributed by atoms with Crippen LogP contribution in [0.3, 0.4) is 0 Å². The third kappa shape index (κ3) is 5.49. The molecule has 0 amide bonds. The molecule has 5 nitrogen and oxygen atoms in total. The van der Waals surface area contributed by atoms with Crippen LogP contribution in [0.5, 0.6) is 0 Å². The van der Waals surface area contributed by atoms with Gasteiger partial charge in [-0.05, 0) is 49.6 Å². The summed E-state index contributed by atoms with van der Waals surface area (Å²) in [6.07, 6.45) is 2.31. The highest BCUT2D eigenvalue weighted by Gasteiger charge is 2.20. The van der Waals surface area contributed by atoms with Crippen LogP contribution in [0.15, 0.2) is 59.6 Å². The van der Waals surface area contributed by atoms with Crippen LogP contribution in [0.4, 0.5) is 5.69 Å². The van der Waals surface area contributed by atoms with Gasteiger partial charge in [0.25, 0.3) is 0 Å². The standard InChI is InChI=1S/C22H27N5/c1-2-24-22(25-16-19-12-10-18(15-23)11-13-19)26-20-7-6-14-27(17-20)21-8-4-3-5-9-21/h3-5,8-13,20H,2,6-7,14,16-17H2,1H3,(H2,24,25,26). The molecule has 1 heterocycles. The molecule has 2 N–H and O–H groups in total. The van der Waals surface area contributed by atoms with Gasteiger partial charge in [-0.2, -0.15) is 5.26 Å². The Kier molecular flexibility index (Phi) is 6.70. The third-order valence-electron chi connectivity index (χ3n) is 4.73.